The third kappa shape index (κ3) is 4.41. The minimum atomic E-state index is -1.01. The van der Waals surface area contributed by atoms with Crippen LogP contribution in [0.25, 0.3) is 6.08 Å². The average molecular weight is 423 g/mol. The molecule has 30 heavy (non-hydrogen) atoms. The third-order valence-corrected chi connectivity index (χ3v) is 6.27. The molecule has 6 nitrogen and oxygen atoms in total. The van der Waals surface area contributed by atoms with Crippen LogP contribution in [0.3, 0.4) is 0 Å². The zero-order valence-electron chi connectivity index (χ0n) is 16.3. The molecular formula is C23H22N2O4S. The number of aromatic hydroxyl groups is 1. The van der Waals surface area contributed by atoms with E-state index in [1.165, 1.54) is 30.3 Å². The molecule has 0 unspecified atom stereocenters. The van der Waals surface area contributed by atoms with Gasteiger partial charge in [-0.1, -0.05) is 37.5 Å². The van der Waals surface area contributed by atoms with Crippen LogP contribution in [0.4, 0.5) is 5.69 Å². The molecule has 0 spiro atoms. The van der Waals surface area contributed by atoms with Crippen LogP contribution in [0.1, 0.15) is 48.0 Å². The zero-order chi connectivity index (χ0) is 21.1. The Morgan fingerprint density at radius 3 is 2.53 bits per heavy atom. The van der Waals surface area contributed by atoms with Crippen LogP contribution < -0.4 is 0 Å². The summed E-state index contributed by atoms with van der Waals surface area (Å²) >= 11 is 1.31. The highest BCUT2D eigenvalue weighted by Gasteiger charge is 2.38. The van der Waals surface area contributed by atoms with Crippen molar-refractivity contribution in [3.05, 3.63) is 64.6 Å². The van der Waals surface area contributed by atoms with E-state index >= 15 is 0 Å². The van der Waals surface area contributed by atoms with Gasteiger partial charge in [-0.3, -0.25) is 9.69 Å². The summed E-state index contributed by atoms with van der Waals surface area (Å²) < 4.78 is 0. The van der Waals surface area contributed by atoms with Gasteiger partial charge in [-0.2, -0.15) is 0 Å². The van der Waals surface area contributed by atoms with Crippen LogP contribution in [0.5, 0.6) is 5.75 Å². The quantitative estimate of drug-likeness (QED) is 0.675. The van der Waals surface area contributed by atoms with Crippen molar-refractivity contribution in [3.8, 4) is 5.75 Å². The predicted octanol–water partition coefficient (Wildman–Crippen LogP) is 5.03. The Morgan fingerprint density at radius 2 is 1.83 bits per heavy atom. The molecule has 4 rings (SSSR count). The summed E-state index contributed by atoms with van der Waals surface area (Å²) in [5.41, 5.74) is 1.49. The maximum atomic E-state index is 13.3. The number of hydrogen-bond donors (Lipinski definition) is 2. The molecule has 1 aliphatic heterocycles. The van der Waals surface area contributed by atoms with Crippen molar-refractivity contribution >= 4 is 40.6 Å². The van der Waals surface area contributed by atoms with Crippen molar-refractivity contribution in [2.75, 3.05) is 0 Å². The molecule has 1 saturated heterocycles. The molecule has 0 aromatic heterocycles. The summed E-state index contributed by atoms with van der Waals surface area (Å²) in [6.45, 7) is 0. The van der Waals surface area contributed by atoms with Crippen molar-refractivity contribution in [1.29, 1.82) is 0 Å². The van der Waals surface area contributed by atoms with Crippen molar-refractivity contribution in [2.45, 2.75) is 38.1 Å². The second-order valence-electron chi connectivity index (χ2n) is 7.42. The number of aromatic carboxylic acids is 1. The van der Waals surface area contributed by atoms with Gasteiger partial charge in [0.15, 0.2) is 5.17 Å². The van der Waals surface area contributed by atoms with Gasteiger partial charge in [0.05, 0.1) is 16.2 Å². The zero-order valence-corrected chi connectivity index (χ0v) is 17.1. The lowest BCUT2D eigenvalue weighted by molar-refractivity contribution is -0.124. The number of aliphatic imine (C=N–C) groups is 1. The Hall–Kier alpha value is -3.06. The fourth-order valence-electron chi connectivity index (χ4n) is 3.77. The number of carbonyl (C=O) groups excluding carboxylic acids is 1. The van der Waals surface area contributed by atoms with Gasteiger partial charge in [-0.25, -0.2) is 9.79 Å². The summed E-state index contributed by atoms with van der Waals surface area (Å²) in [6, 6.07) is 13.2. The second-order valence-corrected chi connectivity index (χ2v) is 8.43. The predicted molar refractivity (Wildman–Crippen MR) is 118 cm³/mol. The standard InChI is InChI=1S/C23H22N2O4S/c26-19-11-9-15(10-12-19)13-20-21(27)25(18-7-2-1-3-8-18)23(30-20)24-17-6-4-5-16(14-17)22(28)29/h4-6,9-14,18,26H,1-3,7-8H2,(H,28,29)/b20-13-,24-23?. The summed E-state index contributed by atoms with van der Waals surface area (Å²) in [4.78, 5) is 31.6. The average Bonchev–Trinajstić information content (AvgIpc) is 3.05. The normalized spacial score (nSPS) is 20.3. The highest BCUT2D eigenvalue weighted by molar-refractivity contribution is 8.18. The molecule has 1 saturated carbocycles. The molecule has 2 aliphatic rings. The van der Waals surface area contributed by atoms with Gasteiger partial charge in [-0.15, -0.1) is 0 Å². The minimum Gasteiger partial charge on any atom is -0.508 e. The SMILES string of the molecule is O=C(O)c1cccc(N=C2S/C(=C\c3ccc(O)cc3)C(=O)N2C2CCCCC2)c1. The Balaban J connectivity index is 1.70. The van der Waals surface area contributed by atoms with Crippen molar-refractivity contribution in [2.24, 2.45) is 4.99 Å². The van der Waals surface area contributed by atoms with E-state index in [1.807, 2.05) is 0 Å². The first-order chi connectivity index (χ1) is 14.5. The van der Waals surface area contributed by atoms with Crippen molar-refractivity contribution in [1.82, 2.24) is 4.90 Å². The lowest BCUT2D eigenvalue weighted by Gasteiger charge is -2.30. The van der Waals surface area contributed by atoms with Crippen LogP contribution in [0.2, 0.25) is 0 Å². The molecule has 1 amide bonds. The Labute approximate surface area is 178 Å². The van der Waals surface area contributed by atoms with E-state index in [0.717, 1.165) is 31.2 Å². The molecule has 7 heteroatoms. The van der Waals surface area contributed by atoms with Crippen molar-refractivity contribution < 1.29 is 19.8 Å². The number of phenols is 1. The van der Waals surface area contributed by atoms with E-state index in [9.17, 15) is 19.8 Å². The molecule has 0 atom stereocenters. The van der Waals surface area contributed by atoms with E-state index in [0.29, 0.717) is 15.8 Å². The number of phenolic OH excluding ortho intramolecular Hbond substituents is 1. The lowest BCUT2D eigenvalue weighted by Crippen LogP contribution is -2.40. The first kappa shape index (κ1) is 20.2. The lowest BCUT2D eigenvalue weighted by atomic mass is 9.94. The molecule has 2 N–H and O–H groups in total. The smallest absolute Gasteiger partial charge is 0.335 e. The number of nitrogens with zero attached hydrogens (tertiary/aromatic N) is 2. The topological polar surface area (TPSA) is 90.2 Å². The highest BCUT2D eigenvalue weighted by Crippen LogP contribution is 2.38. The Bertz CT molecular complexity index is 1020. The monoisotopic (exact) mass is 422 g/mol. The van der Waals surface area contributed by atoms with Crippen LogP contribution in [0.15, 0.2) is 58.4 Å². The number of rotatable bonds is 4. The minimum absolute atomic E-state index is 0.0758. The Morgan fingerprint density at radius 1 is 1.10 bits per heavy atom. The van der Waals surface area contributed by atoms with Gasteiger partial charge < -0.3 is 10.2 Å². The molecule has 154 valence electrons. The summed E-state index contributed by atoms with van der Waals surface area (Å²) in [5, 5.41) is 19.3. The fourth-order valence-corrected chi connectivity index (χ4v) is 4.83. The maximum absolute atomic E-state index is 13.3. The molecule has 2 fully saturated rings. The van der Waals surface area contributed by atoms with Gasteiger partial charge in [0.25, 0.3) is 5.91 Å². The molecule has 1 heterocycles. The number of amides is 1. The number of hydrogen-bond acceptors (Lipinski definition) is 5. The first-order valence-corrected chi connectivity index (χ1v) is 10.8. The largest absolute Gasteiger partial charge is 0.508 e. The number of carboxylic acids is 1. The highest BCUT2D eigenvalue weighted by atomic mass is 32.2. The summed E-state index contributed by atoms with van der Waals surface area (Å²) in [5.74, 6) is -0.913. The van der Waals surface area contributed by atoms with E-state index < -0.39 is 5.97 Å². The van der Waals surface area contributed by atoms with E-state index in [1.54, 1.807) is 47.4 Å². The molecule has 0 bridgehead atoms. The van der Waals surface area contributed by atoms with Crippen molar-refractivity contribution in [3.63, 3.8) is 0 Å². The maximum Gasteiger partial charge on any atom is 0.335 e. The fraction of sp³-hybridized carbons (Fsp3) is 0.261. The Kier molecular flexibility index (Phi) is 5.90. The van der Waals surface area contributed by atoms with Gasteiger partial charge in [0.1, 0.15) is 5.75 Å². The van der Waals surface area contributed by atoms with Gasteiger partial charge in [-0.05, 0) is 66.6 Å². The van der Waals surface area contributed by atoms with Gasteiger partial charge >= 0.3 is 5.97 Å². The number of carbonyl (C=O) groups is 2. The summed E-state index contributed by atoms with van der Waals surface area (Å²) in [6.07, 6.45) is 7.02. The van der Waals surface area contributed by atoms with E-state index in [2.05, 4.69) is 4.99 Å². The van der Waals surface area contributed by atoms with E-state index in [4.69, 9.17) is 0 Å². The number of thioether (sulfide) groups is 1. The van der Waals surface area contributed by atoms with Crippen LogP contribution in [-0.4, -0.2) is 38.2 Å². The molecule has 0 radical (unpaired) electrons. The number of amidine groups is 1. The van der Waals surface area contributed by atoms with Crippen LogP contribution in [0, 0.1) is 0 Å². The van der Waals surface area contributed by atoms with Crippen LogP contribution >= 0.6 is 11.8 Å². The number of carboxylic acid groups (broad SMARTS) is 1. The molecule has 2 aromatic carbocycles. The molecule has 2 aromatic rings. The number of benzene rings is 2. The van der Waals surface area contributed by atoms with Crippen LogP contribution in [-0.2, 0) is 4.79 Å². The van der Waals surface area contributed by atoms with Gasteiger partial charge in [0.2, 0.25) is 0 Å². The van der Waals surface area contributed by atoms with Gasteiger partial charge in [0, 0.05) is 6.04 Å². The first-order valence-electron chi connectivity index (χ1n) is 9.95. The summed E-state index contributed by atoms with van der Waals surface area (Å²) in [7, 11) is 0. The van der Waals surface area contributed by atoms with E-state index in [-0.39, 0.29) is 23.3 Å². The second kappa shape index (κ2) is 8.75. The molecular weight excluding hydrogens is 400 g/mol. The molecule has 1 aliphatic carbocycles. The third-order valence-electron chi connectivity index (χ3n) is 5.29.